The molecule has 1 unspecified atom stereocenters. The van der Waals surface area contributed by atoms with Crippen molar-refractivity contribution in [1.29, 1.82) is 0 Å². The molecule has 1 aliphatic heterocycles. The molecule has 0 saturated carbocycles. The van der Waals surface area contributed by atoms with Crippen LogP contribution in [0.3, 0.4) is 0 Å². The number of hydrogen-bond donors (Lipinski definition) is 3. The van der Waals surface area contributed by atoms with E-state index < -0.39 is 0 Å². The topological polar surface area (TPSA) is 83.9 Å². The number of aromatic nitrogens is 2. The van der Waals surface area contributed by atoms with Gasteiger partial charge < -0.3 is 20.4 Å². The monoisotopic (exact) mass is 261 g/mol. The zero-order chi connectivity index (χ0) is 13.5. The lowest BCUT2D eigenvalue weighted by atomic mass is 9.67. The molecule has 5 heteroatoms. The minimum absolute atomic E-state index is 0.00580. The molecule has 19 heavy (non-hydrogen) atoms. The predicted octanol–water partition coefficient (Wildman–Crippen LogP) is 1.11. The zero-order valence-corrected chi connectivity index (χ0v) is 11.0. The van der Waals surface area contributed by atoms with E-state index in [0.29, 0.717) is 25.7 Å². The van der Waals surface area contributed by atoms with Crippen LogP contribution < -0.4 is 11.4 Å². The highest BCUT2D eigenvalue weighted by Crippen LogP contribution is 2.41. The lowest BCUT2D eigenvalue weighted by Crippen LogP contribution is -2.54. The third-order valence-electron chi connectivity index (χ3n) is 4.37. The zero-order valence-electron chi connectivity index (χ0n) is 11.0. The SMILES string of the molecule is CCC(CN)C1(c2ccc3[nH]c(=O)[nH]c3c2)COC1. The molecule has 1 aromatic heterocycles. The molecule has 0 amide bonds. The fraction of sp³-hybridized carbons (Fsp3) is 0.500. The number of ether oxygens (including phenoxy) is 1. The van der Waals surface area contributed by atoms with Gasteiger partial charge in [0.2, 0.25) is 0 Å². The summed E-state index contributed by atoms with van der Waals surface area (Å²) in [6.45, 7) is 4.24. The second-order valence-electron chi connectivity index (χ2n) is 5.33. The first-order valence-corrected chi connectivity index (χ1v) is 6.70. The van der Waals surface area contributed by atoms with Crippen LogP contribution in [0.4, 0.5) is 0 Å². The van der Waals surface area contributed by atoms with Gasteiger partial charge in [-0.25, -0.2) is 4.79 Å². The molecule has 1 saturated heterocycles. The highest BCUT2D eigenvalue weighted by Gasteiger charge is 2.45. The van der Waals surface area contributed by atoms with Crippen molar-refractivity contribution in [2.24, 2.45) is 11.7 Å². The number of aromatic amines is 2. The highest BCUT2D eigenvalue weighted by atomic mass is 16.5. The summed E-state index contributed by atoms with van der Waals surface area (Å²) in [5.74, 6) is 0.407. The van der Waals surface area contributed by atoms with Crippen molar-refractivity contribution in [1.82, 2.24) is 9.97 Å². The Labute approximate surface area is 111 Å². The number of nitrogens with two attached hydrogens (primary N) is 1. The molecule has 0 radical (unpaired) electrons. The number of hydrogen-bond acceptors (Lipinski definition) is 3. The predicted molar refractivity (Wildman–Crippen MR) is 74.3 cm³/mol. The minimum Gasteiger partial charge on any atom is -0.379 e. The summed E-state index contributed by atoms with van der Waals surface area (Å²) in [6.07, 6.45) is 1.03. The van der Waals surface area contributed by atoms with Crippen LogP contribution in [-0.2, 0) is 10.2 Å². The number of nitrogens with one attached hydrogen (secondary N) is 2. The van der Waals surface area contributed by atoms with Crippen LogP contribution in [0.2, 0.25) is 0 Å². The summed E-state index contributed by atoms with van der Waals surface area (Å²) >= 11 is 0. The van der Waals surface area contributed by atoms with Crippen LogP contribution in [-0.4, -0.2) is 29.7 Å². The fourth-order valence-electron chi connectivity index (χ4n) is 3.09. The number of fused-ring (bicyclic) bond motifs is 1. The van der Waals surface area contributed by atoms with Crippen molar-refractivity contribution in [2.75, 3.05) is 19.8 Å². The number of benzene rings is 1. The Morgan fingerprint density at radius 2 is 2.11 bits per heavy atom. The molecule has 1 fully saturated rings. The van der Waals surface area contributed by atoms with E-state index >= 15 is 0 Å². The molecule has 2 heterocycles. The van der Waals surface area contributed by atoms with Gasteiger partial charge in [-0.05, 0) is 30.2 Å². The summed E-state index contributed by atoms with van der Waals surface area (Å²) < 4.78 is 5.46. The number of imidazole rings is 1. The van der Waals surface area contributed by atoms with E-state index in [1.165, 1.54) is 5.56 Å². The van der Waals surface area contributed by atoms with Gasteiger partial charge in [-0.1, -0.05) is 19.4 Å². The third kappa shape index (κ3) is 1.81. The van der Waals surface area contributed by atoms with Crippen LogP contribution in [0.25, 0.3) is 11.0 Å². The molecular weight excluding hydrogens is 242 g/mol. The van der Waals surface area contributed by atoms with Gasteiger partial charge in [-0.2, -0.15) is 0 Å². The van der Waals surface area contributed by atoms with Gasteiger partial charge in [0.25, 0.3) is 0 Å². The lowest BCUT2D eigenvalue weighted by Gasteiger charge is -2.47. The van der Waals surface area contributed by atoms with Crippen molar-refractivity contribution in [3.05, 3.63) is 34.2 Å². The van der Waals surface area contributed by atoms with E-state index in [4.69, 9.17) is 10.5 Å². The number of H-pyrrole nitrogens is 2. The molecule has 0 spiro atoms. The first-order valence-electron chi connectivity index (χ1n) is 6.70. The summed E-state index contributed by atoms with van der Waals surface area (Å²) in [6, 6.07) is 6.08. The summed E-state index contributed by atoms with van der Waals surface area (Å²) in [5.41, 5.74) is 8.64. The van der Waals surface area contributed by atoms with Gasteiger partial charge in [0.05, 0.1) is 24.2 Å². The van der Waals surface area contributed by atoms with Gasteiger partial charge in [0.1, 0.15) is 0 Å². The van der Waals surface area contributed by atoms with Crippen molar-refractivity contribution >= 4 is 11.0 Å². The second kappa shape index (κ2) is 4.51. The second-order valence-corrected chi connectivity index (χ2v) is 5.33. The van der Waals surface area contributed by atoms with Crippen LogP contribution in [0, 0.1) is 5.92 Å². The smallest absolute Gasteiger partial charge is 0.323 e. The Kier molecular flexibility index (Phi) is 2.95. The summed E-state index contributed by atoms with van der Waals surface area (Å²) in [5, 5.41) is 0. The summed E-state index contributed by atoms with van der Waals surface area (Å²) in [7, 11) is 0. The molecule has 1 aliphatic rings. The molecule has 4 N–H and O–H groups in total. The van der Waals surface area contributed by atoms with Crippen molar-refractivity contribution in [2.45, 2.75) is 18.8 Å². The molecule has 5 nitrogen and oxygen atoms in total. The molecule has 102 valence electrons. The van der Waals surface area contributed by atoms with E-state index in [2.05, 4.69) is 23.0 Å². The van der Waals surface area contributed by atoms with Crippen LogP contribution >= 0.6 is 0 Å². The quantitative estimate of drug-likeness (QED) is 0.771. The van der Waals surface area contributed by atoms with E-state index in [1.807, 2.05) is 12.1 Å². The Morgan fingerprint density at radius 1 is 1.37 bits per heavy atom. The Morgan fingerprint density at radius 3 is 2.68 bits per heavy atom. The molecule has 2 aromatic rings. The Bertz CT molecular complexity index is 635. The van der Waals surface area contributed by atoms with Gasteiger partial charge in [0.15, 0.2) is 0 Å². The van der Waals surface area contributed by atoms with Crippen molar-refractivity contribution in [3.8, 4) is 0 Å². The third-order valence-corrected chi connectivity index (χ3v) is 4.37. The maximum absolute atomic E-state index is 11.3. The van der Waals surface area contributed by atoms with Crippen LogP contribution in [0.5, 0.6) is 0 Å². The van der Waals surface area contributed by atoms with E-state index in [0.717, 1.165) is 17.5 Å². The highest BCUT2D eigenvalue weighted by molar-refractivity contribution is 5.75. The molecule has 1 atom stereocenters. The molecule has 1 aromatic carbocycles. The largest absolute Gasteiger partial charge is 0.379 e. The minimum atomic E-state index is -0.170. The molecular formula is C14H19N3O2. The maximum atomic E-state index is 11.3. The number of rotatable bonds is 4. The standard InChI is InChI=1S/C14H19N3O2/c1-2-9(6-15)14(7-19-8-14)10-3-4-11-12(5-10)17-13(18)16-11/h3-5,9H,2,6-8,15H2,1H3,(H2,16,17,18). The first-order chi connectivity index (χ1) is 9.19. The van der Waals surface area contributed by atoms with Gasteiger partial charge in [0, 0.05) is 5.41 Å². The normalized spacial score (nSPS) is 19.3. The maximum Gasteiger partial charge on any atom is 0.323 e. The Balaban J connectivity index is 2.08. The summed E-state index contributed by atoms with van der Waals surface area (Å²) in [4.78, 5) is 16.9. The van der Waals surface area contributed by atoms with Gasteiger partial charge >= 0.3 is 5.69 Å². The first kappa shape index (κ1) is 12.4. The van der Waals surface area contributed by atoms with Crippen molar-refractivity contribution < 1.29 is 4.74 Å². The van der Waals surface area contributed by atoms with Crippen LogP contribution in [0.15, 0.2) is 23.0 Å². The van der Waals surface area contributed by atoms with Gasteiger partial charge in [-0.15, -0.1) is 0 Å². The Hall–Kier alpha value is -1.59. The lowest BCUT2D eigenvalue weighted by molar-refractivity contribution is -0.0897. The van der Waals surface area contributed by atoms with E-state index in [-0.39, 0.29) is 11.1 Å². The molecule has 0 bridgehead atoms. The molecule has 3 rings (SSSR count). The fourth-order valence-corrected chi connectivity index (χ4v) is 3.09. The average Bonchev–Trinajstić information content (AvgIpc) is 2.72. The van der Waals surface area contributed by atoms with Crippen molar-refractivity contribution in [3.63, 3.8) is 0 Å². The van der Waals surface area contributed by atoms with Gasteiger partial charge in [-0.3, -0.25) is 0 Å². The average molecular weight is 261 g/mol. The van der Waals surface area contributed by atoms with Crippen LogP contribution in [0.1, 0.15) is 18.9 Å². The molecule has 0 aliphatic carbocycles. The van der Waals surface area contributed by atoms with E-state index in [9.17, 15) is 4.79 Å². The van der Waals surface area contributed by atoms with E-state index in [1.54, 1.807) is 0 Å².